The molecule has 0 bridgehead atoms. The van der Waals surface area contributed by atoms with E-state index < -0.39 is 0 Å². The maximum absolute atomic E-state index is 13.6. The molecule has 0 N–H and O–H groups in total. The Morgan fingerprint density at radius 1 is 1.06 bits per heavy atom. The van der Waals surface area contributed by atoms with Crippen LogP contribution in [0.25, 0.3) is 0 Å². The summed E-state index contributed by atoms with van der Waals surface area (Å²) < 4.78 is 13.6. The molecule has 0 amide bonds. The van der Waals surface area contributed by atoms with Crippen molar-refractivity contribution < 1.29 is 4.39 Å². The van der Waals surface area contributed by atoms with Crippen LogP contribution in [0.15, 0.2) is 48.5 Å². The zero-order chi connectivity index (χ0) is 12.3. The molecule has 0 aliphatic rings. The Labute approximate surface area is 105 Å². The lowest BCUT2D eigenvalue weighted by atomic mass is 10.2. The molecule has 2 rings (SSSR count). The van der Waals surface area contributed by atoms with E-state index in [0.717, 1.165) is 5.69 Å². The summed E-state index contributed by atoms with van der Waals surface area (Å²) in [5.41, 5.74) is 1.56. The third-order valence-corrected chi connectivity index (χ3v) is 3.01. The molecule has 3 heteroatoms. The summed E-state index contributed by atoms with van der Waals surface area (Å²) in [5.74, 6) is -0.264. The van der Waals surface area contributed by atoms with Gasteiger partial charge in [0, 0.05) is 29.9 Å². The first-order valence-corrected chi connectivity index (χ1v) is 5.75. The van der Waals surface area contributed by atoms with Gasteiger partial charge < -0.3 is 4.90 Å². The smallest absolute Gasteiger partial charge is 0.129 e. The second-order valence-electron chi connectivity index (χ2n) is 3.89. The molecule has 0 spiro atoms. The van der Waals surface area contributed by atoms with Gasteiger partial charge in [0.2, 0.25) is 0 Å². The molecule has 2 aromatic carbocycles. The Morgan fingerprint density at radius 2 is 1.76 bits per heavy atom. The molecule has 88 valence electrons. The zero-order valence-electron chi connectivity index (χ0n) is 9.53. The van der Waals surface area contributed by atoms with Crippen LogP contribution >= 0.6 is 11.6 Å². The number of anilines is 1. The topological polar surface area (TPSA) is 3.24 Å². The molecule has 0 saturated carbocycles. The fourth-order valence-corrected chi connectivity index (χ4v) is 1.92. The average molecular weight is 250 g/mol. The summed E-state index contributed by atoms with van der Waals surface area (Å²) in [7, 11) is 1.91. The van der Waals surface area contributed by atoms with Crippen molar-refractivity contribution in [1.29, 1.82) is 0 Å². The maximum atomic E-state index is 13.6. The van der Waals surface area contributed by atoms with Crippen molar-refractivity contribution in [3.63, 3.8) is 0 Å². The van der Waals surface area contributed by atoms with Crippen LogP contribution in [-0.2, 0) is 6.54 Å². The van der Waals surface area contributed by atoms with Gasteiger partial charge in [-0.25, -0.2) is 4.39 Å². The highest BCUT2D eigenvalue weighted by Crippen LogP contribution is 2.22. The first-order chi connectivity index (χ1) is 8.18. The van der Waals surface area contributed by atoms with Gasteiger partial charge >= 0.3 is 0 Å². The van der Waals surface area contributed by atoms with Crippen LogP contribution in [0.3, 0.4) is 0 Å². The third kappa shape index (κ3) is 2.77. The molecule has 17 heavy (non-hydrogen) atoms. The SMILES string of the molecule is CN(Cc1c(F)cccc1Cl)c1ccccc1. The van der Waals surface area contributed by atoms with Crippen molar-refractivity contribution in [3.05, 3.63) is 64.9 Å². The molecule has 2 aromatic rings. The quantitative estimate of drug-likeness (QED) is 0.791. The number of hydrogen-bond donors (Lipinski definition) is 0. The fraction of sp³-hybridized carbons (Fsp3) is 0.143. The minimum absolute atomic E-state index is 0.264. The Bertz CT molecular complexity index is 479. The van der Waals surface area contributed by atoms with Gasteiger partial charge in [-0.1, -0.05) is 35.9 Å². The lowest BCUT2D eigenvalue weighted by Crippen LogP contribution is -2.17. The molecule has 0 saturated heterocycles. The van der Waals surface area contributed by atoms with E-state index in [0.29, 0.717) is 17.1 Å². The minimum atomic E-state index is -0.264. The van der Waals surface area contributed by atoms with Gasteiger partial charge in [-0.05, 0) is 24.3 Å². The summed E-state index contributed by atoms with van der Waals surface area (Å²) in [6.07, 6.45) is 0. The second kappa shape index (κ2) is 5.19. The molecule has 0 radical (unpaired) electrons. The largest absolute Gasteiger partial charge is 0.370 e. The Hall–Kier alpha value is -1.54. The van der Waals surface area contributed by atoms with E-state index in [2.05, 4.69) is 0 Å². The lowest BCUT2D eigenvalue weighted by molar-refractivity contribution is 0.608. The highest BCUT2D eigenvalue weighted by molar-refractivity contribution is 6.31. The Kier molecular flexibility index (Phi) is 3.64. The van der Waals surface area contributed by atoms with E-state index in [1.165, 1.54) is 6.07 Å². The van der Waals surface area contributed by atoms with E-state index >= 15 is 0 Å². The van der Waals surface area contributed by atoms with Crippen LogP contribution in [0.1, 0.15) is 5.56 Å². The molecule has 0 fully saturated rings. The number of benzene rings is 2. The van der Waals surface area contributed by atoms with Crippen LogP contribution in [0, 0.1) is 5.82 Å². The van der Waals surface area contributed by atoms with Gasteiger partial charge in [-0.3, -0.25) is 0 Å². The second-order valence-corrected chi connectivity index (χ2v) is 4.30. The molecule has 0 aliphatic heterocycles. The van der Waals surface area contributed by atoms with Gasteiger partial charge in [-0.2, -0.15) is 0 Å². The molecular formula is C14H13ClFN. The van der Waals surface area contributed by atoms with Crippen LogP contribution in [-0.4, -0.2) is 7.05 Å². The van der Waals surface area contributed by atoms with E-state index in [-0.39, 0.29) is 5.82 Å². The maximum Gasteiger partial charge on any atom is 0.129 e. The molecule has 0 aromatic heterocycles. The van der Waals surface area contributed by atoms with Gasteiger partial charge in [-0.15, -0.1) is 0 Å². The molecular weight excluding hydrogens is 237 g/mol. The van der Waals surface area contributed by atoms with Gasteiger partial charge in [0.1, 0.15) is 5.82 Å². The van der Waals surface area contributed by atoms with Crippen molar-refractivity contribution in [2.24, 2.45) is 0 Å². The summed E-state index contributed by atoms with van der Waals surface area (Å²) in [5, 5.41) is 0.466. The molecule has 0 unspecified atom stereocenters. The number of hydrogen-bond acceptors (Lipinski definition) is 1. The number of para-hydroxylation sites is 1. The summed E-state index contributed by atoms with van der Waals surface area (Å²) in [4.78, 5) is 1.96. The standard InChI is InChI=1S/C14H13ClFN/c1-17(11-6-3-2-4-7-11)10-12-13(15)8-5-9-14(12)16/h2-9H,10H2,1H3. The van der Waals surface area contributed by atoms with Crippen molar-refractivity contribution in [2.45, 2.75) is 6.54 Å². The monoisotopic (exact) mass is 249 g/mol. The van der Waals surface area contributed by atoms with E-state index in [1.807, 2.05) is 42.3 Å². The Morgan fingerprint density at radius 3 is 2.41 bits per heavy atom. The number of nitrogens with zero attached hydrogens (tertiary/aromatic N) is 1. The highest BCUT2D eigenvalue weighted by atomic mass is 35.5. The zero-order valence-corrected chi connectivity index (χ0v) is 10.3. The van der Waals surface area contributed by atoms with Crippen LogP contribution < -0.4 is 4.90 Å². The van der Waals surface area contributed by atoms with Crippen molar-refractivity contribution in [2.75, 3.05) is 11.9 Å². The average Bonchev–Trinajstić information content (AvgIpc) is 2.35. The van der Waals surface area contributed by atoms with Crippen molar-refractivity contribution >= 4 is 17.3 Å². The lowest BCUT2D eigenvalue weighted by Gasteiger charge is -2.20. The van der Waals surface area contributed by atoms with E-state index in [1.54, 1.807) is 12.1 Å². The molecule has 0 atom stereocenters. The predicted octanol–water partition coefficient (Wildman–Crippen LogP) is 4.12. The molecule has 1 nitrogen and oxygen atoms in total. The van der Waals surface area contributed by atoms with Crippen LogP contribution in [0.4, 0.5) is 10.1 Å². The predicted molar refractivity (Wildman–Crippen MR) is 70.0 cm³/mol. The fourth-order valence-electron chi connectivity index (χ4n) is 1.69. The molecule has 0 aliphatic carbocycles. The number of rotatable bonds is 3. The highest BCUT2D eigenvalue weighted by Gasteiger charge is 2.09. The summed E-state index contributed by atoms with van der Waals surface area (Å²) >= 11 is 5.99. The first-order valence-electron chi connectivity index (χ1n) is 5.37. The van der Waals surface area contributed by atoms with Crippen molar-refractivity contribution in [1.82, 2.24) is 0 Å². The van der Waals surface area contributed by atoms with E-state index in [4.69, 9.17) is 11.6 Å². The van der Waals surface area contributed by atoms with E-state index in [9.17, 15) is 4.39 Å². The van der Waals surface area contributed by atoms with Gasteiger partial charge in [0.15, 0.2) is 0 Å². The van der Waals surface area contributed by atoms with Gasteiger partial charge in [0.05, 0.1) is 0 Å². The minimum Gasteiger partial charge on any atom is -0.370 e. The normalized spacial score (nSPS) is 10.3. The molecule has 0 heterocycles. The summed E-state index contributed by atoms with van der Waals surface area (Å²) in [6.45, 7) is 0.454. The van der Waals surface area contributed by atoms with Crippen LogP contribution in [0.2, 0.25) is 5.02 Å². The number of halogens is 2. The first kappa shape index (κ1) is 11.9. The van der Waals surface area contributed by atoms with Gasteiger partial charge in [0.25, 0.3) is 0 Å². The summed E-state index contributed by atoms with van der Waals surface area (Å²) in [6, 6.07) is 14.6. The Balaban J connectivity index is 2.22. The van der Waals surface area contributed by atoms with Crippen molar-refractivity contribution in [3.8, 4) is 0 Å². The van der Waals surface area contributed by atoms with Crippen LogP contribution in [0.5, 0.6) is 0 Å². The third-order valence-electron chi connectivity index (χ3n) is 2.65.